The molecule has 0 spiro atoms. The monoisotopic (exact) mass is 318 g/mol. The van der Waals surface area contributed by atoms with Crippen molar-refractivity contribution in [3.8, 4) is 22.6 Å². The van der Waals surface area contributed by atoms with Crippen molar-refractivity contribution in [3.63, 3.8) is 0 Å². The van der Waals surface area contributed by atoms with Crippen LogP contribution >= 0.6 is 0 Å². The van der Waals surface area contributed by atoms with Gasteiger partial charge in [-0.05, 0) is 48.4 Å². The number of aryl methyl sites for hydroxylation is 1. The molecule has 1 N–H and O–H groups in total. The Morgan fingerprint density at radius 2 is 1.67 bits per heavy atom. The lowest BCUT2D eigenvalue weighted by atomic mass is 9.87. The van der Waals surface area contributed by atoms with Crippen molar-refractivity contribution >= 4 is 0 Å². The Bertz CT molecular complexity index is 899. The molecule has 1 atom stereocenters. The lowest BCUT2D eigenvalue weighted by Crippen LogP contribution is -2.37. The van der Waals surface area contributed by atoms with Gasteiger partial charge in [-0.2, -0.15) is 0 Å². The molecule has 0 bridgehead atoms. The molecule has 0 fully saturated rings. The highest BCUT2D eigenvalue weighted by Crippen LogP contribution is 2.47. The van der Waals surface area contributed by atoms with Crippen LogP contribution in [-0.4, -0.2) is 12.2 Å². The van der Waals surface area contributed by atoms with Crippen LogP contribution in [0.4, 0.5) is 0 Å². The molecule has 1 aliphatic rings. The van der Waals surface area contributed by atoms with Crippen molar-refractivity contribution in [2.45, 2.75) is 12.7 Å². The third-order valence-corrected chi connectivity index (χ3v) is 4.46. The molecular weight excluding hydrogens is 300 g/mol. The second-order valence-electron chi connectivity index (χ2n) is 6.02. The van der Waals surface area contributed by atoms with E-state index in [-0.39, 0.29) is 0 Å². The van der Waals surface area contributed by atoms with Crippen LogP contribution in [0.15, 0.2) is 66.7 Å². The van der Waals surface area contributed by atoms with Crippen molar-refractivity contribution in [3.05, 3.63) is 83.4 Å². The molecule has 0 aromatic heterocycles. The molecule has 24 heavy (non-hydrogen) atoms. The highest BCUT2D eigenvalue weighted by molar-refractivity contribution is 5.77. The highest BCUT2D eigenvalue weighted by Gasteiger charge is 2.40. The smallest absolute Gasteiger partial charge is 0.262 e. The lowest BCUT2D eigenvalue weighted by Gasteiger charge is -2.36. The number of aliphatic hydroxyl groups is 1. The summed E-state index contributed by atoms with van der Waals surface area (Å²) in [7, 11) is 1.62. The fourth-order valence-corrected chi connectivity index (χ4v) is 3.20. The number of hydrogen-bond donors (Lipinski definition) is 1. The summed E-state index contributed by atoms with van der Waals surface area (Å²) < 4.78 is 11.3. The lowest BCUT2D eigenvalue weighted by molar-refractivity contribution is -0.110. The molecule has 0 aliphatic carbocycles. The Kier molecular flexibility index (Phi) is 3.32. The summed E-state index contributed by atoms with van der Waals surface area (Å²) >= 11 is 0. The topological polar surface area (TPSA) is 38.7 Å². The minimum atomic E-state index is -1.52. The predicted octanol–water partition coefficient (Wildman–Crippen LogP) is 4.26. The third kappa shape index (κ3) is 2.17. The zero-order chi connectivity index (χ0) is 16.7. The number of hydrogen-bond acceptors (Lipinski definition) is 3. The first kappa shape index (κ1) is 14.8. The van der Waals surface area contributed by atoms with Crippen LogP contribution in [0.25, 0.3) is 11.1 Å². The van der Waals surface area contributed by atoms with Gasteiger partial charge in [0.25, 0.3) is 5.79 Å². The first-order valence-electron chi connectivity index (χ1n) is 7.88. The van der Waals surface area contributed by atoms with E-state index in [2.05, 4.69) is 6.07 Å². The summed E-state index contributed by atoms with van der Waals surface area (Å²) in [5, 5.41) is 11.4. The fourth-order valence-electron chi connectivity index (χ4n) is 3.20. The van der Waals surface area contributed by atoms with Crippen molar-refractivity contribution in [1.29, 1.82) is 0 Å². The molecule has 120 valence electrons. The third-order valence-electron chi connectivity index (χ3n) is 4.46. The van der Waals surface area contributed by atoms with E-state index in [0.29, 0.717) is 11.3 Å². The summed E-state index contributed by atoms with van der Waals surface area (Å²) in [6, 6.07) is 21.2. The van der Waals surface area contributed by atoms with Gasteiger partial charge in [0, 0.05) is 16.7 Å². The van der Waals surface area contributed by atoms with E-state index in [0.717, 1.165) is 28.0 Å². The van der Waals surface area contributed by atoms with E-state index in [1.807, 2.05) is 67.6 Å². The molecule has 0 amide bonds. The number of methoxy groups -OCH3 is 1. The van der Waals surface area contributed by atoms with Crippen LogP contribution in [-0.2, 0) is 5.79 Å². The second kappa shape index (κ2) is 5.39. The number of fused-ring (bicyclic) bond motifs is 3. The molecule has 4 rings (SSSR count). The minimum Gasteiger partial charge on any atom is -0.497 e. The molecule has 0 saturated heterocycles. The second-order valence-corrected chi connectivity index (χ2v) is 6.02. The quantitative estimate of drug-likeness (QED) is 0.767. The SMILES string of the molecule is COc1ccc(C2(O)Oc3cc(C)ccc3-c3ccccc32)cc1. The van der Waals surface area contributed by atoms with Gasteiger partial charge in [-0.1, -0.05) is 36.4 Å². The zero-order valence-electron chi connectivity index (χ0n) is 13.6. The van der Waals surface area contributed by atoms with Gasteiger partial charge in [0.2, 0.25) is 0 Å². The van der Waals surface area contributed by atoms with E-state index in [4.69, 9.17) is 9.47 Å². The standard InChI is InChI=1S/C21H18O3/c1-14-7-12-18-17-5-3-4-6-19(17)21(22,24-20(18)13-14)15-8-10-16(23-2)11-9-15/h3-13,22H,1-2H3. The maximum atomic E-state index is 11.4. The van der Waals surface area contributed by atoms with Gasteiger partial charge in [-0.15, -0.1) is 0 Å². The molecule has 1 heterocycles. The van der Waals surface area contributed by atoms with Crippen molar-refractivity contribution in [2.24, 2.45) is 0 Å². The summed E-state index contributed by atoms with van der Waals surface area (Å²) in [5.74, 6) is -0.0985. The van der Waals surface area contributed by atoms with Gasteiger partial charge in [-0.3, -0.25) is 0 Å². The zero-order valence-corrected chi connectivity index (χ0v) is 13.6. The van der Waals surface area contributed by atoms with Crippen LogP contribution in [0, 0.1) is 6.92 Å². The van der Waals surface area contributed by atoms with E-state index >= 15 is 0 Å². The Hall–Kier alpha value is -2.78. The molecule has 1 unspecified atom stereocenters. The number of ether oxygens (including phenoxy) is 2. The van der Waals surface area contributed by atoms with E-state index in [9.17, 15) is 5.11 Å². The Morgan fingerprint density at radius 1 is 0.917 bits per heavy atom. The molecule has 3 nitrogen and oxygen atoms in total. The number of benzene rings is 3. The summed E-state index contributed by atoms with van der Waals surface area (Å²) in [6.45, 7) is 2.01. The van der Waals surface area contributed by atoms with Crippen molar-refractivity contribution in [1.82, 2.24) is 0 Å². The summed E-state index contributed by atoms with van der Waals surface area (Å²) in [6.07, 6.45) is 0. The van der Waals surface area contributed by atoms with Crippen LogP contribution < -0.4 is 9.47 Å². The molecular formula is C21H18O3. The van der Waals surface area contributed by atoms with Gasteiger partial charge < -0.3 is 14.6 Å². The highest BCUT2D eigenvalue weighted by atomic mass is 16.6. The minimum absolute atomic E-state index is 0.669. The maximum absolute atomic E-state index is 11.4. The Balaban J connectivity index is 1.93. The van der Waals surface area contributed by atoms with Crippen LogP contribution in [0.3, 0.4) is 0 Å². The first-order chi connectivity index (χ1) is 11.6. The summed E-state index contributed by atoms with van der Waals surface area (Å²) in [5.41, 5.74) is 4.48. The van der Waals surface area contributed by atoms with Gasteiger partial charge in [0.15, 0.2) is 0 Å². The Morgan fingerprint density at radius 3 is 2.42 bits per heavy atom. The van der Waals surface area contributed by atoms with Gasteiger partial charge >= 0.3 is 0 Å². The average molecular weight is 318 g/mol. The van der Waals surface area contributed by atoms with E-state index < -0.39 is 5.79 Å². The molecule has 3 aromatic rings. The molecule has 0 radical (unpaired) electrons. The van der Waals surface area contributed by atoms with Crippen LogP contribution in [0.2, 0.25) is 0 Å². The first-order valence-corrected chi connectivity index (χ1v) is 7.88. The molecule has 3 heteroatoms. The predicted molar refractivity (Wildman–Crippen MR) is 93.2 cm³/mol. The van der Waals surface area contributed by atoms with E-state index in [1.54, 1.807) is 7.11 Å². The summed E-state index contributed by atoms with van der Waals surface area (Å²) in [4.78, 5) is 0. The van der Waals surface area contributed by atoms with Gasteiger partial charge in [0.1, 0.15) is 11.5 Å². The Labute approximate surface area is 141 Å². The van der Waals surface area contributed by atoms with Crippen LogP contribution in [0.1, 0.15) is 16.7 Å². The van der Waals surface area contributed by atoms with Gasteiger partial charge in [0.05, 0.1) is 7.11 Å². The van der Waals surface area contributed by atoms with Crippen molar-refractivity contribution < 1.29 is 14.6 Å². The average Bonchev–Trinajstić information content (AvgIpc) is 2.62. The molecule has 0 saturated carbocycles. The number of rotatable bonds is 2. The van der Waals surface area contributed by atoms with Crippen molar-refractivity contribution in [2.75, 3.05) is 7.11 Å². The fraction of sp³-hybridized carbons (Fsp3) is 0.143. The molecule has 3 aromatic carbocycles. The largest absolute Gasteiger partial charge is 0.497 e. The maximum Gasteiger partial charge on any atom is 0.262 e. The van der Waals surface area contributed by atoms with Crippen LogP contribution in [0.5, 0.6) is 11.5 Å². The van der Waals surface area contributed by atoms with E-state index in [1.165, 1.54) is 0 Å². The van der Waals surface area contributed by atoms with Gasteiger partial charge in [-0.25, -0.2) is 0 Å². The normalized spacial score (nSPS) is 18.3. The molecule has 1 aliphatic heterocycles.